The number of nitrogens with zero attached hydrogens (tertiary/aromatic N) is 2. The van der Waals surface area contributed by atoms with Crippen molar-refractivity contribution in [2.75, 3.05) is 26.7 Å². The van der Waals surface area contributed by atoms with Crippen LogP contribution in [-0.4, -0.2) is 105 Å². The van der Waals surface area contributed by atoms with Crippen molar-refractivity contribution >= 4 is 29.5 Å². The number of fused-ring (bicyclic) bond motifs is 1. The molecule has 0 aromatic rings. The Morgan fingerprint density at radius 1 is 1.33 bits per heavy atom. The van der Waals surface area contributed by atoms with Gasteiger partial charge in [-0.3, -0.25) is 9.59 Å². The summed E-state index contributed by atoms with van der Waals surface area (Å²) in [6, 6.07) is -0.280. The molecule has 4 aliphatic rings. The first-order valence-electron chi connectivity index (χ1n) is 11.7. The van der Waals surface area contributed by atoms with Crippen LogP contribution in [0, 0.1) is 11.8 Å². The molecule has 4 rings (SSSR count). The highest BCUT2D eigenvalue weighted by Gasteiger charge is 2.60. The number of hydrogen-bond acceptors (Lipinski definition) is 8. The maximum atomic E-state index is 12.6. The lowest BCUT2D eigenvalue weighted by molar-refractivity contribution is -0.163. The lowest BCUT2D eigenvalue weighted by Gasteiger charge is -2.46. The Bertz CT molecular complexity index is 851. The third kappa shape index (κ3) is 4.41. The van der Waals surface area contributed by atoms with Crippen molar-refractivity contribution in [2.24, 2.45) is 11.8 Å². The van der Waals surface area contributed by atoms with E-state index in [0.717, 1.165) is 6.42 Å². The quantitative estimate of drug-likeness (QED) is 0.280. The molecule has 3 saturated heterocycles. The fraction of sp³-hybridized carbons (Fsp3) is 0.773. The number of hydrogen-bond donors (Lipinski definition) is 5. The molecule has 0 saturated carbocycles. The van der Waals surface area contributed by atoms with Crippen LogP contribution < -0.4 is 10.6 Å². The molecule has 7 unspecified atom stereocenters. The number of likely N-dealkylation sites (tertiary alicyclic amines) is 1. The number of rotatable bonds is 8. The van der Waals surface area contributed by atoms with Gasteiger partial charge < -0.3 is 35.8 Å². The zero-order valence-electron chi connectivity index (χ0n) is 19.2. The average molecular weight is 483 g/mol. The van der Waals surface area contributed by atoms with Crippen LogP contribution in [0.3, 0.4) is 0 Å². The molecule has 11 heteroatoms. The molecule has 0 aromatic heterocycles. The first-order valence-corrected chi connectivity index (χ1v) is 12.5. The van der Waals surface area contributed by atoms with Crippen LogP contribution in [0.4, 0.5) is 0 Å². The van der Waals surface area contributed by atoms with Crippen molar-refractivity contribution in [2.45, 2.75) is 68.7 Å². The van der Waals surface area contributed by atoms with E-state index in [1.807, 2.05) is 14.0 Å². The van der Waals surface area contributed by atoms with Gasteiger partial charge in [0.05, 0.1) is 30.6 Å². The van der Waals surface area contributed by atoms with Gasteiger partial charge in [-0.1, -0.05) is 6.92 Å². The Morgan fingerprint density at radius 3 is 2.67 bits per heavy atom. The van der Waals surface area contributed by atoms with Gasteiger partial charge in [0.2, 0.25) is 11.8 Å². The van der Waals surface area contributed by atoms with Gasteiger partial charge >= 0.3 is 5.97 Å². The summed E-state index contributed by atoms with van der Waals surface area (Å²) in [4.78, 5) is 40.8. The second kappa shape index (κ2) is 9.53. The Kier molecular flexibility index (Phi) is 7.07. The largest absolute Gasteiger partial charge is 0.477 e. The number of carboxylic acids is 1. The highest BCUT2D eigenvalue weighted by Crippen LogP contribution is 2.51. The Labute approximate surface area is 197 Å². The van der Waals surface area contributed by atoms with Crippen molar-refractivity contribution in [1.29, 1.82) is 0 Å². The van der Waals surface area contributed by atoms with E-state index in [4.69, 9.17) is 0 Å². The number of amides is 2. The van der Waals surface area contributed by atoms with Crippen LogP contribution in [0.1, 0.15) is 33.1 Å². The van der Waals surface area contributed by atoms with Gasteiger partial charge in [0, 0.05) is 47.8 Å². The van der Waals surface area contributed by atoms with Crippen molar-refractivity contribution in [3.05, 3.63) is 10.6 Å². The SMILES string of the molecule is CNC1CCN(C(=O)CC(O)C2CC(SC3=C(C(=O)O)N4C(=O)C(C(C)O)[C@@H]4C3C)CN2)C1. The highest BCUT2D eigenvalue weighted by molar-refractivity contribution is 8.03. The summed E-state index contributed by atoms with van der Waals surface area (Å²) in [7, 11) is 1.88. The van der Waals surface area contributed by atoms with E-state index in [1.54, 1.807) is 11.8 Å². The topological polar surface area (TPSA) is 142 Å². The van der Waals surface area contributed by atoms with Gasteiger partial charge in [0.25, 0.3) is 0 Å². The van der Waals surface area contributed by atoms with Gasteiger partial charge in [-0.2, -0.15) is 0 Å². The number of carbonyl (C=O) groups is 3. The van der Waals surface area contributed by atoms with Gasteiger partial charge in [0.1, 0.15) is 5.70 Å². The first kappa shape index (κ1) is 24.5. The summed E-state index contributed by atoms with van der Waals surface area (Å²) in [5.41, 5.74) is 0.0201. The standard InChI is InChI=1S/C22H34N4O6S/c1-10-18-17(11(2)27)21(30)26(18)19(22(31)32)20(10)33-13-6-14(24-8-13)15(28)7-16(29)25-5-4-12(9-25)23-3/h10-15,17-18,23-24,27-28H,4-9H2,1-3H3,(H,31,32)/t10?,11?,12?,13?,14?,15?,17?,18-/m0/s1. The van der Waals surface area contributed by atoms with E-state index >= 15 is 0 Å². The average Bonchev–Trinajstić information content (AvgIpc) is 3.46. The van der Waals surface area contributed by atoms with E-state index in [9.17, 15) is 29.7 Å². The fourth-order valence-corrected chi connectivity index (χ4v) is 7.14. The predicted molar refractivity (Wildman–Crippen MR) is 122 cm³/mol. The molecule has 5 N–H and O–H groups in total. The minimum absolute atomic E-state index is 0.0193. The van der Waals surface area contributed by atoms with Gasteiger partial charge in [-0.25, -0.2) is 4.79 Å². The number of likely N-dealkylation sites (N-methyl/N-ethyl adjacent to an activating group) is 1. The van der Waals surface area contributed by atoms with Crippen molar-refractivity contribution in [3.8, 4) is 0 Å². The summed E-state index contributed by atoms with van der Waals surface area (Å²) < 4.78 is 0. The van der Waals surface area contributed by atoms with Crippen LogP contribution >= 0.6 is 11.8 Å². The number of aliphatic hydroxyl groups excluding tert-OH is 2. The molecule has 33 heavy (non-hydrogen) atoms. The lowest BCUT2D eigenvalue weighted by atomic mass is 9.79. The zero-order valence-corrected chi connectivity index (χ0v) is 20.0. The number of aliphatic hydroxyl groups is 2. The summed E-state index contributed by atoms with van der Waals surface area (Å²) in [6.07, 6.45) is -0.0730. The van der Waals surface area contributed by atoms with Crippen molar-refractivity contribution in [3.63, 3.8) is 0 Å². The molecule has 10 nitrogen and oxygen atoms in total. The van der Waals surface area contributed by atoms with Gasteiger partial charge in [0.15, 0.2) is 0 Å². The molecule has 4 heterocycles. The second-order valence-corrected chi connectivity index (χ2v) is 11.0. The third-order valence-corrected chi connectivity index (χ3v) is 9.04. The minimum atomic E-state index is -1.14. The maximum Gasteiger partial charge on any atom is 0.353 e. The summed E-state index contributed by atoms with van der Waals surface area (Å²) >= 11 is 1.44. The Hall–Kier alpha value is -1.66. The van der Waals surface area contributed by atoms with Gasteiger partial charge in [-0.15, -0.1) is 11.8 Å². The normalized spacial score (nSPS) is 35.6. The fourth-order valence-electron chi connectivity index (χ4n) is 5.65. The second-order valence-electron chi connectivity index (χ2n) is 9.65. The smallest absolute Gasteiger partial charge is 0.353 e. The van der Waals surface area contributed by atoms with Crippen molar-refractivity contribution < 1.29 is 29.7 Å². The molecule has 0 aromatic carbocycles. The molecule has 2 amide bonds. The van der Waals surface area contributed by atoms with Crippen LogP contribution in [0.5, 0.6) is 0 Å². The molecular formula is C22H34N4O6S. The first-order chi connectivity index (χ1) is 15.6. The monoisotopic (exact) mass is 482 g/mol. The summed E-state index contributed by atoms with van der Waals surface area (Å²) in [5.74, 6) is -2.29. The van der Waals surface area contributed by atoms with E-state index in [-0.39, 0.29) is 47.2 Å². The highest BCUT2D eigenvalue weighted by atomic mass is 32.2. The number of nitrogens with one attached hydrogen (secondary N) is 2. The minimum Gasteiger partial charge on any atom is -0.477 e. The van der Waals surface area contributed by atoms with Crippen molar-refractivity contribution in [1.82, 2.24) is 20.4 Å². The van der Waals surface area contributed by atoms with Crippen LogP contribution in [0.2, 0.25) is 0 Å². The zero-order chi connectivity index (χ0) is 24.0. The van der Waals surface area contributed by atoms with Crippen LogP contribution in [0.15, 0.2) is 10.6 Å². The Balaban J connectivity index is 1.36. The summed E-state index contributed by atoms with van der Waals surface area (Å²) in [5, 5.41) is 36.9. The molecular weight excluding hydrogens is 448 g/mol. The molecule has 0 spiro atoms. The number of thioether (sulfide) groups is 1. The molecule has 0 aliphatic carbocycles. The molecule has 184 valence electrons. The van der Waals surface area contributed by atoms with E-state index < -0.39 is 24.1 Å². The van der Waals surface area contributed by atoms with Gasteiger partial charge in [-0.05, 0) is 26.8 Å². The number of β-lactam (4-membered cyclic amide) rings is 1. The number of aliphatic carboxylic acids is 1. The molecule has 0 radical (unpaired) electrons. The third-order valence-electron chi connectivity index (χ3n) is 7.53. The molecule has 3 fully saturated rings. The van der Waals surface area contributed by atoms with E-state index in [0.29, 0.717) is 37.0 Å². The van der Waals surface area contributed by atoms with Crippen LogP contribution in [-0.2, 0) is 14.4 Å². The van der Waals surface area contributed by atoms with E-state index in [2.05, 4.69) is 10.6 Å². The number of carboxylic acid groups (broad SMARTS) is 1. The summed E-state index contributed by atoms with van der Waals surface area (Å²) in [6.45, 7) is 5.40. The van der Waals surface area contributed by atoms with E-state index in [1.165, 1.54) is 16.7 Å². The maximum absolute atomic E-state index is 12.6. The molecule has 0 bridgehead atoms. The molecule has 4 aliphatic heterocycles. The molecule has 8 atom stereocenters. The lowest BCUT2D eigenvalue weighted by Crippen LogP contribution is -2.63. The predicted octanol–water partition coefficient (Wildman–Crippen LogP) is -0.825. The van der Waals surface area contributed by atoms with Crippen LogP contribution in [0.25, 0.3) is 0 Å². The Morgan fingerprint density at radius 2 is 2.06 bits per heavy atom. The number of carbonyl (C=O) groups excluding carboxylic acids is 2.